The van der Waals surface area contributed by atoms with E-state index in [0.29, 0.717) is 28.3 Å². The molecular weight excluding hydrogens is 527 g/mol. The number of halogens is 3. The summed E-state index contributed by atoms with van der Waals surface area (Å²) in [5.41, 5.74) is 0.547. The maximum Gasteiger partial charge on any atom is 0.416 e. The first kappa shape index (κ1) is 29.1. The number of ether oxygens (including phenoxy) is 1. The lowest BCUT2D eigenvalue weighted by Gasteiger charge is -2.27. The molecule has 1 aromatic heterocycles. The fourth-order valence-electron chi connectivity index (χ4n) is 3.66. The fraction of sp³-hybridized carbons (Fsp3) is 0.360. The third-order valence-electron chi connectivity index (χ3n) is 5.65. The molecule has 9 nitrogen and oxygen atoms in total. The van der Waals surface area contributed by atoms with Gasteiger partial charge in [-0.05, 0) is 48.9 Å². The first-order valence-corrected chi connectivity index (χ1v) is 13.1. The van der Waals surface area contributed by atoms with Crippen LogP contribution in [0.1, 0.15) is 36.4 Å². The first-order chi connectivity index (χ1) is 17.8. The minimum Gasteiger partial charge on any atom is -0.487 e. The largest absolute Gasteiger partial charge is 0.487 e. The van der Waals surface area contributed by atoms with Crippen LogP contribution < -0.4 is 4.74 Å². The van der Waals surface area contributed by atoms with Gasteiger partial charge in [-0.3, -0.25) is 4.79 Å². The van der Waals surface area contributed by atoms with Gasteiger partial charge in [-0.1, -0.05) is 26.0 Å². The molecule has 3 rings (SSSR count). The highest BCUT2D eigenvalue weighted by Crippen LogP contribution is 2.31. The minimum absolute atomic E-state index is 0.0178. The number of hydrogen-bond donors (Lipinski definition) is 1. The number of alkyl halides is 3. The summed E-state index contributed by atoms with van der Waals surface area (Å²) in [6, 6.07) is 11.0. The van der Waals surface area contributed by atoms with Crippen molar-refractivity contribution in [3.05, 3.63) is 71.1 Å². The molecule has 1 heterocycles. The number of nitrogens with zero attached hydrogens (tertiary/aromatic N) is 3. The Bertz CT molecular complexity index is 1350. The average molecular weight is 556 g/mol. The van der Waals surface area contributed by atoms with Gasteiger partial charge in [0.1, 0.15) is 30.4 Å². The molecule has 3 aromatic rings. The predicted octanol–water partition coefficient (Wildman–Crippen LogP) is 4.72. The molecule has 0 aliphatic heterocycles. The molecule has 38 heavy (non-hydrogen) atoms. The molecule has 206 valence electrons. The van der Waals surface area contributed by atoms with Gasteiger partial charge >= 0.3 is 12.1 Å². The van der Waals surface area contributed by atoms with Gasteiger partial charge in [0.2, 0.25) is 5.89 Å². The van der Waals surface area contributed by atoms with Gasteiger partial charge < -0.3 is 14.3 Å². The molecule has 13 heteroatoms. The van der Waals surface area contributed by atoms with E-state index in [1.165, 1.54) is 16.4 Å². The molecule has 0 radical (unpaired) electrons. The standard InChI is InChI=1S/C25H28F3N3O6S/c1-4-30(5-2)38(34,35)31(15-23(32)33)14-18-7-6-8-21(13-18)36-16-22-17(3)37-24(29-22)19-9-11-20(12-10-19)25(26,27)28/h6-13H,4-5,14-16H2,1-3H3,(H,32,33). The molecule has 0 aliphatic carbocycles. The van der Waals surface area contributed by atoms with Crippen LogP contribution in [0.15, 0.2) is 52.9 Å². The van der Waals surface area contributed by atoms with Crippen molar-refractivity contribution in [1.82, 2.24) is 13.6 Å². The number of rotatable bonds is 12. The molecule has 0 atom stereocenters. The maximum absolute atomic E-state index is 12.9. The summed E-state index contributed by atoms with van der Waals surface area (Å²) >= 11 is 0. The summed E-state index contributed by atoms with van der Waals surface area (Å²) in [5.74, 6) is -0.321. The number of carboxylic acids is 1. The van der Waals surface area contributed by atoms with Gasteiger partial charge in [0.15, 0.2) is 0 Å². The van der Waals surface area contributed by atoms with Crippen LogP contribution in [0, 0.1) is 6.92 Å². The zero-order chi connectivity index (χ0) is 28.1. The molecule has 0 saturated heterocycles. The number of hydrogen-bond acceptors (Lipinski definition) is 6. The Morgan fingerprint density at radius 1 is 1.08 bits per heavy atom. The van der Waals surface area contributed by atoms with Gasteiger partial charge in [-0.25, -0.2) is 4.98 Å². The van der Waals surface area contributed by atoms with E-state index in [1.54, 1.807) is 45.0 Å². The zero-order valence-corrected chi connectivity index (χ0v) is 21.8. The van der Waals surface area contributed by atoms with Crippen LogP contribution in [-0.2, 0) is 34.3 Å². The van der Waals surface area contributed by atoms with Crippen LogP contribution in [0.4, 0.5) is 13.2 Å². The van der Waals surface area contributed by atoms with Crippen molar-refractivity contribution in [2.45, 2.75) is 40.1 Å². The molecular formula is C25H28F3N3O6S. The van der Waals surface area contributed by atoms with E-state index >= 15 is 0 Å². The molecule has 0 aliphatic rings. The molecule has 0 fully saturated rings. The van der Waals surface area contributed by atoms with Crippen molar-refractivity contribution >= 4 is 16.2 Å². The summed E-state index contributed by atoms with van der Waals surface area (Å²) in [4.78, 5) is 15.7. The van der Waals surface area contributed by atoms with E-state index in [0.717, 1.165) is 16.4 Å². The summed E-state index contributed by atoms with van der Waals surface area (Å²) in [7, 11) is -4.00. The minimum atomic E-state index is -4.45. The van der Waals surface area contributed by atoms with Crippen LogP contribution in [0.2, 0.25) is 0 Å². The van der Waals surface area contributed by atoms with E-state index < -0.39 is 34.5 Å². The van der Waals surface area contributed by atoms with Crippen LogP contribution in [-0.4, -0.2) is 52.7 Å². The topological polar surface area (TPSA) is 113 Å². The highest BCUT2D eigenvalue weighted by atomic mass is 32.2. The summed E-state index contributed by atoms with van der Waals surface area (Å²) in [6.07, 6.45) is -4.45. The lowest BCUT2D eigenvalue weighted by Crippen LogP contribution is -2.45. The van der Waals surface area contributed by atoms with E-state index in [4.69, 9.17) is 9.15 Å². The SMILES string of the molecule is CCN(CC)S(=O)(=O)N(CC(=O)O)Cc1cccc(OCc2nc(-c3ccc(C(F)(F)F)cc3)oc2C)c1. The number of carboxylic acid groups (broad SMARTS) is 1. The van der Waals surface area contributed by atoms with Crippen molar-refractivity contribution < 1.29 is 40.6 Å². The van der Waals surface area contributed by atoms with Crippen LogP contribution in [0.5, 0.6) is 5.75 Å². The van der Waals surface area contributed by atoms with Gasteiger partial charge in [-0.2, -0.15) is 30.2 Å². The summed E-state index contributed by atoms with van der Waals surface area (Å²) < 4.78 is 77.8. The van der Waals surface area contributed by atoms with E-state index in [-0.39, 0.29) is 32.1 Å². The van der Waals surface area contributed by atoms with Gasteiger partial charge in [0, 0.05) is 25.2 Å². The average Bonchev–Trinajstić information content (AvgIpc) is 3.23. The Morgan fingerprint density at radius 3 is 2.32 bits per heavy atom. The van der Waals surface area contributed by atoms with Crippen molar-refractivity contribution in [3.63, 3.8) is 0 Å². The molecule has 0 bridgehead atoms. The lowest BCUT2D eigenvalue weighted by molar-refractivity contribution is -0.138. The smallest absolute Gasteiger partial charge is 0.416 e. The van der Waals surface area contributed by atoms with Crippen molar-refractivity contribution in [2.75, 3.05) is 19.6 Å². The third kappa shape index (κ3) is 7.11. The Hall–Kier alpha value is -3.42. The number of aryl methyl sites for hydroxylation is 1. The molecule has 1 N–H and O–H groups in total. The number of oxazole rings is 1. The second-order valence-corrected chi connectivity index (χ2v) is 10.2. The van der Waals surface area contributed by atoms with Gasteiger partial charge in [0.25, 0.3) is 10.2 Å². The lowest BCUT2D eigenvalue weighted by atomic mass is 10.1. The summed E-state index contributed by atoms with van der Waals surface area (Å²) in [6.45, 7) is 4.49. The predicted molar refractivity (Wildman–Crippen MR) is 132 cm³/mol. The number of aromatic nitrogens is 1. The number of benzene rings is 2. The third-order valence-corrected chi connectivity index (χ3v) is 7.73. The molecule has 0 saturated carbocycles. The van der Waals surface area contributed by atoms with Crippen LogP contribution in [0.3, 0.4) is 0 Å². The second kappa shape index (κ2) is 12.0. The highest BCUT2D eigenvalue weighted by molar-refractivity contribution is 7.86. The van der Waals surface area contributed by atoms with Crippen LogP contribution in [0.25, 0.3) is 11.5 Å². The van der Waals surface area contributed by atoms with Crippen molar-refractivity contribution in [3.8, 4) is 17.2 Å². The van der Waals surface area contributed by atoms with Crippen LogP contribution >= 0.6 is 0 Å². The zero-order valence-electron chi connectivity index (χ0n) is 21.0. The Kier molecular flexibility index (Phi) is 9.18. The molecule has 0 amide bonds. The fourth-order valence-corrected chi connectivity index (χ4v) is 5.22. The number of aliphatic carboxylic acids is 1. The maximum atomic E-state index is 12.9. The normalized spacial score (nSPS) is 12.3. The van der Waals surface area contributed by atoms with Gasteiger partial charge in [-0.15, -0.1) is 0 Å². The molecule has 2 aromatic carbocycles. The molecule has 0 unspecified atom stereocenters. The monoisotopic (exact) mass is 555 g/mol. The number of carbonyl (C=O) groups is 1. The van der Waals surface area contributed by atoms with E-state index in [1.807, 2.05) is 0 Å². The highest BCUT2D eigenvalue weighted by Gasteiger charge is 2.31. The van der Waals surface area contributed by atoms with E-state index in [9.17, 15) is 31.5 Å². The second-order valence-electron chi connectivity index (χ2n) is 8.29. The summed E-state index contributed by atoms with van der Waals surface area (Å²) in [5, 5.41) is 9.26. The quantitative estimate of drug-likeness (QED) is 0.344. The van der Waals surface area contributed by atoms with E-state index in [2.05, 4.69) is 4.98 Å². The first-order valence-electron chi connectivity index (χ1n) is 11.7. The Morgan fingerprint density at radius 2 is 1.74 bits per heavy atom. The van der Waals surface area contributed by atoms with Crippen molar-refractivity contribution in [2.24, 2.45) is 0 Å². The van der Waals surface area contributed by atoms with Gasteiger partial charge in [0.05, 0.1) is 5.56 Å². The van der Waals surface area contributed by atoms with Crippen molar-refractivity contribution in [1.29, 1.82) is 0 Å². The Balaban J connectivity index is 1.73. The molecule has 0 spiro atoms. The Labute approximate surface area is 218 Å².